The van der Waals surface area contributed by atoms with Crippen molar-refractivity contribution in [3.8, 4) is 0 Å². The molecule has 1 aromatic heterocycles. The molecule has 11 heavy (non-hydrogen) atoms. The Balaban J connectivity index is 2.91. The van der Waals surface area contributed by atoms with E-state index in [2.05, 4.69) is 25.9 Å². The molecule has 58 valence electrons. The molecule has 0 radical (unpaired) electrons. The van der Waals surface area contributed by atoms with Gasteiger partial charge in [-0.25, -0.2) is 9.98 Å². The normalized spacial score (nSPS) is 9.18. The lowest BCUT2D eigenvalue weighted by molar-refractivity contribution is 1.25. The lowest BCUT2D eigenvalue weighted by atomic mass is 10.4. The van der Waals surface area contributed by atoms with E-state index in [1.54, 1.807) is 18.3 Å². The molecule has 0 saturated heterocycles. The van der Waals surface area contributed by atoms with Gasteiger partial charge in [0.15, 0.2) is 5.96 Å². The number of guanidine groups is 1. The van der Waals surface area contributed by atoms with E-state index in [4.69, 9.17) is 11.5 Å². The molecular weight excluding hydrogens is 208 g/mol. The van der Waals surface area contributed by atoms with Crippen molar-refractivity contribution < 1.29 is 0 Å². The zero-order valence-electron chi connectivity index (χ0n) is 5.66. The highest BCUT2D eigenvalue weighted by Gasteiger charge is 1.89. The van der Waals surface area contributed by atoms with Gasteiger partial charge in [0.05, 0.1) is 11.9 Å². The highest BCUT2D eigenvalue weighted by atomic mass is 79.9. The number of halogens is 1. The van der Waals surface area contributed by atoms with Crippen LogP contribution < -0.4 is 11.5 Å². The van der Waals surface area contributed by atoms with Gasteiger partial charge in [0.1, 0.15) is 4.60 Å². The van der Waals surface area contributed by atoms with Crippen LogP contribution in [0.2, 0.25) is 0 Å². The number of nitrogens with two attached hydrogens (primary N) is 2. The third-order valence-electron chi connectivity index (χ3n) is 0.970. The average molecular weight is 215 g/mol. The Bertz CT molecular complexity index is 262. The highest BCUT2D eigenvalue weighted by Crippen LogP contribution is 2.12. The molecule has 0 atom stereocenters. The summed E-state index contributed by atoms with van der Waals surface area (Å²) in [6, 6.07) is 3.53. The molecule has 0 aliphatic carbocycles. The molecule has 1 heterocycles. The molecule has 4 nitrogen and oxygen atoms in total. The zero-order chi connectivity index (χ0) is 8.27. The Hall–Kier alpha value is -1.10. The predicted molar refractivity (Wildman–Crippen MR) is 47.4 cm³/mol. The second-order valence-corrected chi connectivity index (χ2v) is 2.69. The highest BCUT2D eigenvalue weighted by molar-refractivity contribution is 9.10. The van der Waals surface area contributed by atoms with E-state index in [0.29, 0.717) is 5.69 Å². The minimum atomic E-state index is 0.0362. The van der Waals surface area contributed by atoms with Crippen molar-refractivity contribution in [2.24, 2.45) is 16.5 Å². The minimum absolute atomic E-state index is 0.0362. The molecule has 0 aliphatic heterocycles. The number of aliphatic imine (C=N–C) groups is 1. The summed E-state index contributed by atoms with van der Waals surface area (Å²) in [5, 5.41) is 0. The molecule has 0 fully saturated rings. The number of hydrogen-bond donors (Lipinski definition) is 2. The first kappa shape index (κ1) is 8.00. The lowest BCUT2D eigenvalue weighted by Crippen LogP contribution is -2.21. The van der Waals surface area contributed by atoms with E-state index in [1.807, 2.05) is 0 Å². The lowest BCUT2D eigenvalue weighted by Gasteiger charge is -1.93. The molecule has 0 bridgehead atoms. The third kappa shape index (κ3) is 2.55. The van der Waals surface area contributed by atoms with Crippen LogP contribution in [0, 0.1) is 0 Å². The van der Waals surface area contributed by atoms with Crippen molar-refractivity contribution in [3.63, 3.8) is 0 Å². The first-order valence-corrected chi connectivity index (χ1v) is 3.69. The first-order valence-electron chi connectivity index (χ1n) is 2.89. The Labute approximate surface area is 72.5 Å². The van der Waals surface area contributed by atoms with E-state index in [0.717, 1.165) is 4.60 Å². The van der Waals surface area contributed by atoms with Crippen molar-refractivity contribution in [2.75, 3.05) is 0 Å². The molecular formula is C6H7BrN4. The summed E-state index contributed by atoms with van der Waals surface area (Å²) in [7, 11) is 0. The van der Waals surface area contributed by atoms with Crippen LogP contribution in [0.25, 0.3) is 0 Å². The van der Waals surface area contributed by atoms with Gasteiger partial charge in [-0.2, -0.15) is 0 Å². The second kappa shape index (κ2) is 3.34. The van der Waals surface area contributed by atoms with E-state index in [1.165, 1.54) is 0 Å². The fourth-order valence-electron chi connectivity index (χ4n) is 0.583. The summed E-state index contributed by atoms with van der Waals surface area (Å²) >= 11 is 3.19. The van der Waals surface area contributed by atoms with Gasteiger partial charge in [-0.3, -0.25) is 0 Å². The predicted octanol–water partition coefficient (Wildman–Crippen LogP) is 0.749. The maximum absolute atomic E-state index is 5.15. The van der Waals surface area contributed by atoms with Crippen molar-refractivity contribution in [1.29, 1.82) is 0 Å². The Morgan fingerprint density at radius 2 is 2.18 bits per heavy atom. The van der Waals surface area contributed by atoms with Crippen LogP contribution in [0.1, 0.15) is 0 Å². The monoisotopic (exact) mass is 214 g/mol. The quantitative estimate of drug-likeness (QED) is 0.412. The molecule has 0 spiro atoms. The van der Waals surface area contributed by atoms with Crippen LogP contribution in [0.4, 0.5) is 5.69 Å². The standard InChI is InChI=1S/C6H7BrN4/c7-5-2-1-4(3-10-5)11-6(8)9/h1-3H,(H4,8,9,11). The van der Waals surface area contributed by atoms with Crippen LogP contribution in [0.5, 0.6) is 0 Å². The Morgan fingerprint density at radius 3 is 2.64 bits per heavy atom. The summed E-state index contributed by atoms with van der Waals surface area (Å²) in [4.78, 5) is 7.72. The van der Waals surface area contributed by atoms with Gasteiger partial charge in [-0.15, -0.1) is 0 Å². The van der Waals surface area contributed by atoms with Gasteiger partial charge in [-0.05, 0) is 28.1 Å². The van der Waals surface area contributed by atoms with Crippen LogP contribution >= 0.6 is 15.9 Å². The van der Waals surface area contributed by atoms with Crippen molar-refractivity contribution >= 4 is 27.6 Å². The maximum Gasteiger partial charge on any atom is 0.191 e. The Morgan fingerprint density at radius 1 is 1.45 bits per heavy atom. The molecule has 0 aromatic carbocycles. The van der Waals surface area contributed by atoms with Crippen LogP contribution in [0.15, 0.2) is 27.9 Å². The molecule has 0 aliphatic rings. The van der Waals surface area contributed by atoms with Gasteiger partial charge in [0.2, 0.25) is 0 Å². The molecule has 5 heteroatoms. The van der Waals surface area contributed by atoms with E-state index in [9.17, 15) is 0 Å². The number of hydrogen-bond acceptors (Lipinski definition) is 2. The largest absolute Gasteiger partial charge is 0.370 e. The van der Waals surface area contributed by atoms with E-state index in [-0.39, 0.29) is 5.96 Å². The first-order chi connectivity index (χ1) is 5.18. The van der Waals surface area contributed by atoms with E-state index < -0.39 is 0 Å². The molecule has 1 aromatic rings. The fraction of sp³-hybridized carbons (Fsp3) is 0. The second-order valence-electron chi connectivity index (χ2n) is 1.88. The van der Waals surface area contributed by atoms with Crippen LogP contribution in [-0.2, 0) is 0 Å². The molecule has 0 unspecified atom stereocenters. The van der Waals surface area contributed by atoms with Gasteiger partial charge >= 0.3 is 0 Å². The summed E-state index contributed by atoms with van der Waals surface area (Å²) in [6.45, 7) is 0. The van der Waals surface area contributed by atoms with E-state index >= 15 is 0 Å². The molecule has 1 rings (SSSR count). The van der Waals surface area contributed by atoms with Crippen molar-refractivity contribution in [2.45, 2.75) is 0 Å². The van der Waals surface area contributed by atoms with Gasteiger partial charge in [0.25, 0.3) is 0 Å². The summed E-state index contributed by atoms with van der Waals surface area (Å²) in [5.41, 5.74) is 10.9. The van der Waals surface area contributed by atoms with Crippen LogP contribution in [-0.4, -0.2) is 10.9 Å². The fourth-order valence-corrected chi connectivity index (χ4v) is 0.818. The number of pyridine rings is 1. The summed E-state index contributed by atoms with van der Waals surface area (Å²) in [6.07, 6.45) is 1.57. The smallest absolute Gasteiger partial charge is 0.191 e. The maximum atomic E-state index is 5.15. The summed E-state index contributed by atoms with van der Waals surface area (Å²) < 4.78 is 0.757. The topological polar surface area (TPSA) is 77.3 Å². The molecule has 0 amide bonds. The Kier molecular flexibility index (Phi) is 2.43. The number of aromatic nitrogens is 1. The number of rotatable bonds is 1. The third-order valence-corrected chi connectivity index (χ3v) is 1.44. The van der Waals surface area contributed by atoms with Gasteiger partial charge in [-0.1, -0.05) is 0 Å². The summed E-state index contributed by atoms with van der Waals surface area (Å²) in [5.74, 6) is 0.0362. The van der Waals surface area contributed by atoms with Crippen molar-refractivity contribution in [1.82, 2.24) is 4.98 Å². The van der Waals surface area contributed by atoms with Gasteiger partial charge in [0, 0.05) is 0 Å². The number of nitrogens with zero attached hydrogens (tertiary/aromatic N) is 2. The molecule has 4 N–H and O–H groups in total. The average Bonchev–Trinajstić information content (AvgIpc) is 1.93. The SMILES string of the molecule is NC(N)=Nc1ccc(Br)nc1. The van der Waals surface area contributed by atoms with Crippen molar-refractivity contribution in [3.05, 3.63) is 22.9 Å². The zero-order valence-corrected chi connectivity index (χ0v) is 7.25. The minimum Gasteiger partial charge on any atom is -0.370 e. The molecule has 0 saturated carbocycles. The van der Waals surface area contributed by atoms with Crippen LogP contribution in [0.3, 0.4) is 0 Å². The van der Waals surface area contributed by atoms with Gasteiger partial charge < -0.3 is 11.5 Å².